The third kappa shape index (κ3) is 3.73. The van der Waals surface area contributed by atoms with Crippen molar-refractivity contribution in [3.05, 3.63) is 0 Å². The zero-order valence-corrected chi connectivity index (χ0v) is 10.6. The lowest BCUT2D eigenvalue weighted by molar-refractivity contribution is -0.125. The molecule has 0 aliphatic carbocycles. The van der Waals surface area contributed by atoms with Gasteiger partial charge >= 0.3 is 0 Å². The van der Waals surface area contributed by atoms with Gasteiger partial charge in [0.05, 0.1) is 0 Å². The highest BCUT2D eigenvalue weighted by Crippen LogP contribution is 2.15. The van der Waals surface area contributed by atoms with Crippen LogP contribution < -0.4 is 11.3 Å². The van der Waals surface area contributed by atoms with Crippen molar-refractivity contribution in [1.29, 1.82) is 0 Å². The lowest BCUT2D eigenvalue weighted by Gasteiger charge is -2.35. The van der Waals surface area contributed by atoms with E-state index in [4.69, 9.17) is 5.84 Å². The van der Waals surface area contributed by atoms with Crippen molar-refractivity contribution in [3.63, 3.8) is 0 Å². The fraction of sp³-hybridized carbons (Fsp3) is 0.909. The van der Waals surface area contributed by atoms with E-state index in [9.17, 15) is 4.79 Å². The molecule has 0 radical (unpaired) electrons. The summed E-state index contributed by atoms with van der Waals surface area (Å²) in [5, 5.41) is 0. The topological polar surface area (TPSA) is 61.6 Å². The van der Waals surface area contributed by atoms with E-state index >= 15 is 0 Å². The van der Waals surface area contributed by atoms with Gasteiger partial charge in [-0.05, 0) is 40.0 Å². The van der Waals surface area contributed by atoms with Crippen LogP contribution in [0.4, 0.5) is 0 Å². The second-order valence-electron chi connectivity index (χ2n) is 4.88. The molecule has 5 nitrogen and oxygen atoms in total. The minimum atomic E-state index is -0.0835. The Morgan fingerprint density at radius 2 is 2.12 bits per heavy atom. The van der Waals surface area contributed by atoms with Crippen LogP contribution >= 0.6 is 0 Å². The number of hydrazine groups is 1. The summed E-state index contributed by atoms with van der Waals surface area (Å²) in [6.45, 7) is 4.98. The number of nitrogens with zero attached hydrogens (tertiary/aromatic N) is 2. The van der Waals surface area contributed by atoms with Gasteiger partial charge in [-0.2, -0.15) is 0 Å². The van der Waals surface area contributed by atoms with Gasteiger partial charge in [0.25, 0.3) is 0 Å². The Hall–Kier alpha value is -0.650. The first-order chi connectivity index (χ1) is 7.54. The highest BCUT2D eigenvalue weighted by molar-refractivity contribution is 5.77. The summed E-state index contributed by atoms with van der Waals surface area (Å²) in [4.78, 5) is 15.9. The lowest BCUT2D eigenvalue weighted by atomic mass is 10.0. The largest absolute Gasteiger partial charge is 0.306 e. The summed E-state index contributed by atoms with van der Waals surface area (Å²) in [6, 6.07) is 0.601. The van der Waals surface area contributed by atoms with Gasteiger partial charge in [-0.3, -0.25) is 10.2 Å². The van der Waals surface area contributed by atoms with Gasteiger partial charge in [0, 0.05) is 18.5 Å². The second kappa shape index (κ2) is 6.18. The molecule has 0 aromatic rings. The molecule has 1 amide bonds. The van der Waals surface area contributed by atoms with Crippen molar-refractivity contribution in [2.75, 3.05) is 33.7 Å². The summed E-state index contributed by atoms with van der Waals surface area (Å²) in [6.07, 6.45) is 2.37. The van der Waals surface area contributed by atoms with E-state index in [2.05, 4.69) is 29.3 Å². The van der Waals surface area contributed by atoms with Crippen molar-refractivity contribution >= 4 is 5.91 Å². The normalized spacial score (nSPS) is 21.1. The van der Waals surface area contributed by atoms with E-state index < -0.39 is 0 Å². The van der Waals surface area contributed by atoms with Gasteiger partial charge in [-0.15, -0.1) is 0 Å². The highest BCUT2D eigenvalue weighted by atomic mass is 16.2. The Kier molecular flexibility index (Phi) is 5.18. The van der Waals surface area contributed by atoms with Crippen LogP contribution in [0.3, 0.4) is 0 Å². The molecule has 0 bridgehead atoms. The third-order valence-electron chi connectivity index (χ3n) is 3.46. The van der Waals surface area contributed by atoms with Gasteiger partial charge in [0.1, 0.15) is 0 Å². The SMILES string of the molecule is CC(CN(C)C1CCN(C)CC1)C(=O)NN. The molecule has 3 N–H and O–H groups in total. The predicted octanol–water partition coefficient (Wildman–Crippen LogP) is -0.362. The number of piperidine rings is 1. The zero-order chi connectivity index (χ0) is 12.1. The highest BCUT2D eigenvalue weighted by Gasteiger charge is 2.23. The van der Waals surface area contributed by atoms with E-state index in [1.807, 2.05) is 6.92 Å². The minimum absolute atomic E-state index is 0.0466. The number of nitrogens with one attached hydrogen (secondary N) is 1. The number of carbonyl (C=O) groups is 1. The average Bonchev–Trinajstić information content (AvgIpc) is 2.28. The molecule has 0 aromatic carbocycles. The number of hydrogen-bond acceptors (Lipinski definition) is 4. The number of nitrogens with two attached hydrogens (primary N) is 1. The monoisotopic (exact) mass is 228 g/mol. The quantitative estimate of drug-likeness (QED) is 0.392. The van der Waals surface area contributed by atoms with Gasteiger partial charge in [0.15, 0.2) is 0 Å². The Balaban J connectivity index is 2.34. The summed E-state index contributed by atoms with van der Waals surface area (Å²) < 4.78 is 0. The van der Waals surface area contributed by atoms with E-state index in [1.165, 1.54) is 12.8 Å². The Morgan fingerprint density at radius 1 is 1.56 bits per heavy atom. The first-order valence-electron chi connectivity index (χ1n) is 5.93. The van der Waals surface area contributed by atoms with Crippen LogP contribution in [0.5, 0.6) is 0 Å². The van der Waals surface area contributed by atoms with Gasteiger partial charge in [0.2, 0.25) is 5.91 Å². The van der Waals surface area contributed by atoms with Crippen LogP contribution in [-0.4, -0.2) is 55.5 Å². The molecule has 1 atom stereocenters. The van der Waals surface area contributed by atoms with E-state index in [-0.39, 0.29) is 11.8 Å². The lowest BCUT2D eigenvalue weighted by Crippen LogP contribution is -2.46. The molecule has 1 aliphatic rings. The van der Waals surface area contributed by atoms with Crippen molar-refractivity contribution < 1.29 is 4.79 Å². The second-order valence-corrected chi connectivity index (χ2v) is 4.88. The summed E-state index contributed by atoms with van der Waals surface area (Å²) in [5.41, 5.74) is 2.21. The fourth-order valence-electron chi connectivity index (χ4n) is 2.24. The van der Waals surface area contributed by atoms with Gasteiger partial charge in [-0.25, -0.2) is 5.84 Å². The molecule has 1 heterocycles. The molecular weight excluding hydrogens is 204 g/mol. The fourth-order valence-corrected chi connectivity index (χ4v) is 2.24. The Labute approximate surface area is 97.9 Å². The minimum Gasteiger partial charge on any atom is -0.306 e. The number of carbonyl (C=O) groups excluding carboxylic acids is 1. The van der Waals surface area contributed by atoms with Crippen molar-refractivity contribution in [2.24, 2.45) is 11.8 Å². The molecule has 0 aromatic heterocycles. The van der Waals surface area contributed by atoms with Gasteiger partial charge in [-0.1, -0.05) is 6.92 Å². The van der Waals surface area contributed by atoms with Crippen molar-refractivity contribution in [3.8, 4) is 0 Å². The number of amides is 1. The maximum atomic E-state index is 11.3. The predicted molar refractivity (Wildman–Crippen MR) is 64.6 cm³/mol. The van der Waals surface area contributed by atoms with E-state index in [1.54, 1.807) is 0 Å². The molecule has 1 unspecified atom stereocenters. The van der Waals surface area contributed by atoms with E-state index in [0.29, 0.717) is 6.04 Å². The molecule has 1 aliphatic heterocycles. The summed E-state index contributed by atoms with van der Waals surface area (Å²) in [5.74, 6) is 4.99. The van der Waals surface area contributed by atoms with Crippen molar-refractivity contribution in [2.45, 2.75) is 25.8 Å². The maximum absolute atomic E-state index is 11.3. The van der Waals surface area contributed by atoms with Crippen LogP contribution in [0.1, 0.15) is 19.8 Å². The van der Waals surface area contributed by atoms with Crippen LogP contribution in [0.15, 0.2) is 0 Å². The van der Waals surface area contributed by atoms with Crippen LogP contribution in [0.2, 0.25) is 0 Å². The summed E-state index contributed by atoms with van der Waals surface area (Å²) in [7, 11) is 4.25. The maximum Gasteiger partial charge on any atom is 0.237 e. The Morgan fingerprint density at radius 3 is 2.62 bits per heavy atom. The van der Waals surface area contributed by atoms with Crippen LogP contribution in [0.25, 0.3) is 0 Å². The van der Waals surface area contributed by atoms with E-state index in [0.717, 1.165) is 19.6 Å². The molecule has 1 fully saturated rings. The third-order valence-corrected chi connectivity index (χ3v) is 3.46. The molecule has 1 saturated heterocycles. The van der Waals surface area contributed by atoms with Gasteiger partial charge < -0.3 is 9.80 Å². The standard InChI is InChI=1S/C11H24N4O/c1-9(11(16)13-12)8-15(3)10-4-6-14(2)7-5-10/h9-10H,4-8,12H2,1-3H3,(H,13,16). The molecule has 94 valence electrons. The molecule has 5 heteroatoms. The molecule has 0 spiro atoms. The van der Waals surface area contributed by atoms with Crippen LogP contribution in [0, 0.1) is 5.92 Å². The molecule has 0 saturated carbocycles. The number of rotatable bonds is 4. The smallest absolute Gasteiger partial charge is 0.237 e. The Bertz CT molecular complexity index is 226. The first-order valence-corrected chi connectivity index (χ1v) is 5.93. The zero-order valence-electron chi connectivity index (χ0n) is 10.6. The molecular formula is C11H24N4O. The summed E-state index contributed by atoms with van der Waals surface area (Å²) >= 11 is 0. The first kappa shape index (κ1) is 13.4. The van der Waals surface area contributed by atoms with Crippen LogP contribution in [-0.2, 0) is 4.79 Å². The molecule has 16 heavy (non-hydrogen) atoms. The number of hydrogen-bond donors (Lipinski definition) is 2. The number of likely N-dealkylation sites (tertiary alicyclic amines) is 1. The van der Waals surface area contributed by atoms with Crippen molar-refractivity contribution in [1.82, 2.24) is 15.2 Å². The average molecular weight is 228 g/mol. The molecule has 1 rings (SSSR count).